The van der Waals surface area contributed by atoms with Crippen molar-refractivity contribution in [3.05, 3.63) is 101 Å². The lowest BCUT2D eigenvalue weighted by Gasteiger charge is -2.38. The molecule has 3 heteroatoms. The first-order chi connectivity index (χ1) is 13.7. The van der Waals surface area contributed by atoms with Crippen molar-refractivity contribution in [2.45, 2.75) is 39.0 Å². The molecule has 0 saturated heterocycles. The van der Waals surface area contributed by atoms with Crippen LogP contribution >= 0.6 is 0 Å². The Morgan fingerprint density at radius 1 is 0.964 bits per heavy atom. The van der Waals surface area contributed by atoms with E-state index in [-0.39, 0.29) is 12.3 Å². The molecule has 0 bridgehead atoms. The van der Waals surface area contributed by atoms with Gasteiger partial charge in [-0.15, -0.1) is 0 Å². The van der Waals surface area contributed by atoms with Gasteiger partial charge in [-0.25, -0.2) is 5.01 Å². The summed E-state index contributed by atoms with van der Waals surface area (Å²) in [5, 5.41) is 7.19. The van der Waals surface area contributed by atoms with Crippen LogP contribution in [0.4, 0.5) is 0 Å². The van der Waals surface area contributed by atoms with Gasteiger partial charge >= 0.3 is 0 Å². The van der Waals surface area contributed by atoms with Crippen molar-refractivity contribution in [3.8, 4) is 5.75 Å². The van der Waals surface area contributed by atoms with Crippen molar-refractivity contribution < 1.29 is 4.74 Å². The first-order valence-corrected chi connectivity index (χ1v) is 10.00. The first kappa shape index (κ1) is 17.1. The Kier molecular flexibility index (Phi) is 4.16. The van der Waals surface area contributed by atoms with Crippen LogP contribution in [-0.2, 0) is 6.42 Å². The Labute approximate surface area is 166 Å². The van der Waals surface area contributed by atoms with E-state index in [0.717, 1.165) is 29.9 Å². The van der Waals surface area contributed by atoms with Crippen LogP contribution in [-0.4, -0.2) is 10.7 Å². The third-order valence-corrected chi connectivity index (χ3v) is 5.76. The molecule has 0 fully saturated rings. The largest absolute Gasteiger partial charge is 0.464 e. The fourth-order valence-corrected chi connectivity index (χ4v) is 4.09. The zero-order chi connectivity index (χ0) is 19.1. The highest BCUT2D eigenvalue weighted by molar-refractivity contribution is 6.02. The number of rotatable bonds is 3. The van der Waals surface area contributed by atoms with Gasteiger partial charge in [-0.3, -0.25) is 0 Å². The summed E-state index contributed by atoms with van der Waals surface area (Å²) >= 11 is 0. The predicted octanol–water partition coefficient (Wildman–Crippen LogP) is 5.80. The molecule has 28 heavy (non-hydrogen) atoms. The van der Waals surface area contributed by atoms with E-state index in [4.69, 9.17) is 9.84 Å². The molecule has 2 heterocycles. The van der Waals surface area contributed by atoms with Gasteiger partial charge in [-0.1, -0.05) is 79.2 Å². The lowest BCUT2D eigenvalue weighted by Crippen LogP contribution is -2.33. The lowest BCUT2D eigenvalue weighted by molar-refractivity contribution is -0.0190. The van der Waals surface area contributed by atoms with Crippen LogP contribution in [0.1, 0.15) is 53.4 Å². The number of nitrogens with zero attached hydrogens (tertiary/aromatic N) is 2. The fourth-order valence-electron chi connectivity index (χ4n) is 4.09. The molecule has 3 nitrogen and oxygen atoms in total. The minimum absolute atomic E-state index is 0.200. The molecule has 2 aliphatic rings. The monoisotopic (exact) mass is 368 g/mol. The molecule has 5 rings (SSSR count). The molecular weight excluding hydrogens is 344 g/mol. The standard InChI is InChI=1S/C25H24N2O/c1-3-18-10-14-20(15-11-18)25-27-23(21-6-4-5-7-24(21)28-25)16-22(26-27)19-12-8-17(2)9-13-19/h4-15,23,25H,3,16H2,1-2H3/t23-,25-/m0/s1. The molecule has 0 aliphatic carbocycles. The summed E-state index contributed by atoms with van der Waals surface area (Å²) in [6.07, 6.45) is 1.73. The van der Waals surface area contributed by atoms with Crippen molar-refractivity contribution >= 4 is 5.71 Å². The number of hydrogen-bond acceptors (Lipinski definition) is 3. The molecule has 0 amide bonds. The van der Waals surface area contributed by atoms with Gasteiger partial charge in [0.25, 0.3) is 0 Å². The number of benzene rings is 3. The van der Waals surface area contributed by atoms with Gasteiger partial charge in [-0.2, -0.15) is 5.10 Å². The minimum atomic E-state index is -0.200. The number of ether oxygens (including phenoxy) is 1. The summed E-state index contributed by atoms with van der Waals surface area (Å²) in [6.45, 7) is 4.29. The van der Waals surface area contributed by atoms with Gasteiger partial charge in [0.15, 0.2) is 0 Å². The van der Waals surface area contributed by atoms with Crippen LogP contribution in [0.2, 0.25) is 0 Å². The summed E-state index contributed by atoms with van der Waals surface area (Å²) in [5.41, 5.74) is 7.28. The maximum absolute atomic E-state index is 6.43. The van der Waals surface area contributed by atoms with E-state index in [9.17, 15) is 0 Å². The van der Waals surface area contributed by atoms with Crippen molar-refractivity contribution in [2.24, 2.45) is 5.10 Å². The second-order valence-corrected chi connectivity index (χ2v) is 7.62. The summed E-state index contributed by atoms with van der Waals surface area (Å²) in [7, 11) is 0. The quantitative estimate of drug-likeness (QED) is 0.584. The molecule has 3 aromatic rings. The normalized spacial score (nSPS) is 20.2. The first-order valence-electron chi connectivity index (χ1n) is 10.00. The van der Waals surface area contributed by atoms with Gasteiger partial charge in [0.1, 0.15) is 5.75 Å². The minimum Gasteiger partial charge on any atom is -0.464 e. The summed E-state index contributed by atoms with van der Waals surface area (Å²) in [6, 6.07) is 25.9. The van der Waals surface area contributed by atoms with Crippen LogP contribution < -0.4 is 4.74 Å². The average molecular weight is 368 g/mol. The summed E-state index contributed by atoms with van der Waals surface area (Å²) < 4.78 is 6.43. The van der Waals surface area contributed by atoms with E-state index in [1.54, 1.807) is 0 Å². The third-order valence-electron chi connectivity index (χ3n) is 5.76. The SMILES string of the molecule is CCc1ccc([C@@H]2Oc3ccccc3[C@@H]3CC(c4ccc(C)cc4)=NN32)cc1. The molecule has 0 radical (unpaired) electrons. The van der Waals surface area contributed by atoms with E-state index < -0.39 is 0 Å². The van der Waals surface area contributed by atoms with Crippen LogP contribution in [0.5, 0.6) is 5.75 Å². The van der Waals surface area contributed by atoms with E-state index in [1.807, 2.05) is 6.07 Å². The Bertz CT molecular complexity index is 1020. The maximum atomic E-state index is 6.43. The van der Waals surface area contributed by atoms with Crippen LogP contribution in [0.3, 0.4) is 0 Å². The number of fused-ring (bicyclic) bond motifs is 3. The molecule has 140 valence electrons. The molecule has 3 aromatic carbocycles. The van der Waals surface area contributed by atoms with E-state index in [1.165, 1.54) is 22.3 Å². The van der Waals surface area contributed by atoms with E-state index >= 15 is 0 Å². The van der Waals surface area contributed by atoms with E-state index in [2.05, 4.69) is 85.6 Å². The Hall–Kier alpha value is -3.07. The zero-order valence-electron chi connectivity index (χ0n) is 16.3. The number of para-hydroxylation sites is 1. The molecule has 0 aromatic heterocycles. The Morgan fingerprint density at radius 3 is 2.46 bits per heavy atom. The van der Waals surface area contributed by atoms with Gasteiger partial charge in [0.2, 0.25) is 6.23 Å². The van der Waals surface area contributed by atoms with Crippen LogP contribution in [0, 0.1) is 6.92 Å². The number of hydrogen-bond donors (Lipinski definition) is 0. The van der Waals surface area contributed by atoms with Gasteiger partial charge < -0.3 is 4.74 Å². The maximum Gasteiger partial charge on any atom is 0.213 e. The highest BCUT2D eigenvalue weighted by Crippen LogP contribution is 2.47. The molecule has 0 unspecified atom stereocenters. The van der Waals surface area contributed by atoms with Crippen molar-refractivity contribution in [1.29, 1.82) is 0 Å². The lowest BCUT2D eigenvalue weighted by atomic mass is 9.95. The van der Waals surface area contributed by atoms with E-state index in [0.29, 0.717) is 0 Å². The topological polar surface area (TPSA) is 24.8 Å². The second kappa shape index (κ2) is 6.83. The fraction of sp³-hybridized carbons (Fsp3) is 0.240. The Morgan fingerprint density at radius 2 is 1.71 bits per heavy atom. The van der Waals surface area contributed by atoms with Crippen molar-refractivity contribution in [2.75, 3.05) is 0 Å². The summed E-state index contributed by atoms with van der Waals surface area (Å²) in [4.78, 5) is 0. The molecule has 2 aliphatic heterocycles. The summed E-state index contributed by atoms with van der Waals surface area (Å²) in [5.74, 6) is 0.966. The average Bonchev–Trinajstić information content (AvgIpc) is 3.19. The Balaban J connectivity index is 1.56. The van der Waals surface area contributed by atoms with Gasteiger partial charge in [-0.05, 0) is 30.5 Å². The van der Waals surface area contributed by atoms with Crippen LogP contribution in [0.15, 0.2) is 77.9 Å². The second-order valence-electron chi connectivity index (χ2n) is 7.62. The van der Waals surface area contributed by atoms with Crippen LogP contribution in [0.25, 0.3) is 0 Å². The highest BCUT2D eigenvalue weighted by Gasteiger charge is 2.40. The molecule has 2 atom stereocenters. The number of hydrazone groups is 1. The smallest absolute Gasteiger partial charge is 0.213 e. The highest BCUT2D eigenvalue weighted by atomic mass is 16.5. The number of aryl methyl sites for hydroxylation is 2. The molecule has 0 spiro atoms. The van der Waals surface area contributed by atoms with Gasteiger partial charge in [0, 0.05) is 17.5 Å². The predicted molar refractivity (Wildman–Crippen MR) is 113 cm³/mol. The van der Waals surface area contributed by atoms with Crippen molar-refractivity contribution in [1.82, 2.24) is 5.01 Å². The zero-order valence-corrected chi connectivity index (χ0v) is 16.3. The molecule has 0 N–H and O–H groups in total. The van der Waals surface area contributed by atoms with Gasteiger partial charge in [0.05, 0.1) is 11.8 Å². The molecule has 0 saturated carbocycles. The molecular formula is C25H24N2O. The third kappa shape index (κ3) is 2.88. The van der Waals surface area contributed by atoms with Crippen molar-refractivity contribution in [3.63, 3.8) is 0 Å².